The van der Waals surface area contributed by atoms with Gasteiger partial charge in [0.15, 0.2) is 0 Å². The Balaban J connectivity index is 1.28. The summed E-state index contributed by atoms with van der Waals surface area (Å²) in [5, 5.41) is 25.2. The normalized spacial score (nSPS) is 27.1. The molecular weight excluding hydrogens is 439 g/mol. The smallest absolute Gasteiger partial charge is 0.252 e. The molecule has 0 radical (unpaired) electrons. The zero-order valence-corrected chi connectivity index (χ0v) is 18.8. The van der Waals surface area contributed by atoms with Crippen LogP contribution in [0.25, 0.3) is 5.69 Å². The van der Waals surface area contributed by atoms with Gasteiger partial charge in [0.05, 0.1) is 5.69 Å². The molecule has 2 aliphatic heterocycles. The molecule has 2 unspecified atom stereocenters. The predicted octanol–water partition coefficient (Wildman–Crippen LogP) is 1.12. The molecule has 3 aliphatic rings. The van der Waals surface area contributed by atoms with Gasteiger partial charge in [0.1, 0.15) is 18.5 Å². The lowest BCUT2D eigenvalue weighted by molar-refractivity contribution is -0.146. The highest BCUT2D eigenvalue weighted by Crippen LogP contribution is 2.57. The van der Waals surface area contributed by atoms with Crippen molar-refractivity contribution in [3.63, 3.8) is 0 Å². The van der Waals surface area contributed by atoms with Gasteiger partial charge < -0.3 is 15.3 Å². The second kappa shape index (κ2) is 7.80. The number of halogens is 1. The van der Waals surface area contributed by atoms with Crippen LogP contribution in [0.1, 0.15) is 31.7 Å². The van der Waals surface area contributed by atoms with Crippen molar-refractivity contribution in [2.75, 3.05) is 6.54 Å². The topological polar surface area (TPSA) is 113 Å². The van der Waals surface area contributed by atoms with E-state index in [2.05, 4.69) is 27.8 Å². The van der Waals surface area contributed by atoms with Gasteiger partial charge in [-0.05, 0) is 58.9 Å². The number of likely N-dealkylation sites (tertiary alicyclic amines) is 1. The summed E-state index contributed by atoms with van der Waals surface area (Å²) in [6, 6.07) is 4.77. The van der Waals surface area contributed by atoms with E-state index in [-0.39, 0.29) is 29.4 Å². The Morgan fingerprint density at radius 3 is 2.94 bits per heavy atom. The Kier molecular flexibility index (Phi) is 5.23. The molecule has 31 heavy (non-hydrogen) atoms. The summed E-state index contributed by atoms with van der Waals surface area (Å²) in [4.78, 5) is 27.6. The van der Waals surface area contributed by atoms with E-state index < -0.39 is 12.1 Å². The average molecular weight is 463 g/mol. The number of hydrogen-bond acceptors (Lipinski definition) is 6. The quantitative estimate of drug-likeness (QED) is 0.596. The summed E-state index contributed by atoms with van der Waals surface area (Å²) in [6.07, 6.45) is 2.98. The summed E-state index contributed by atoms with van der Waals surface area (Å²) in [5.74, 6) is -0.513. The van der Waals surface area contributed by atoms with Gasteiger partial charge in [-0.3, -0.25) is 9.59 Å². The van der Waals surface area contributed by atoms with Gasteiger partial charge in [-0.2, -0.15) is 0 Å². The molecule has 1 aromatic heterocycles. The van der Waals surface area contributed by atoms with Gasteiger partial charge in [-0.25, -0.2) is 4.68 Å². The van der Waals surface area contributed by atoms with Gasteiger partial charge in [0, 0.05) is 29.4 Å². The number of aromatic nitrogens is 4. The number of carbonyl (C=O) groups excluding carboxylic acids is 2. The number of tetrazole rings is 1. The first kappa shape index (κ1) is 20.8. The highest BCUT2D eigenvalue weighted by Gasteiger charge is 2.57. The number of nitrogens with zero attached hydrogens (tertiary/aromatic N) is 5. The van der Waals surface area contributed by atoms with Crippen molar-refractivity contribution in [3.8, 4) is 5.69 Å². The van der Waals surface area contributed by atoms with Crippen LogP contribution in [0.15, 0.2) is 24.5 Å². The fraction of sp³-hybridized carbons (Fsp3) is 0.550. The summed E-state index contributed by atoms with van der Waals surface area (Å²) >= 11 is 6.15. The van der Waals surface area contributed by atoms with Crippen LogP contribution in [-0.4, -0.2) is 72.0 Å². The van der Waals surface area contributed by atoms with E-state index in [4.69, 9.17) is 11.6 Å². The first-order chi connectivity index (χ1) is 14.8. The SMILES string of the molecule is CC1(C[C@@H](O)C(=O)N2C[C@@H]3P[C@@H]3C2C(=O)NCc2cc(Cl)ccc2-n2cnnn2)CC1. The third-order valence-corrected chi connectivity index (χ3v) is 8.44. The molecule has 11 heteroatoms. The molecule has 5 rings (SSSR count). The number of benzene rings is 1. The van der Waals surface area contributed by atoms with Crippen molar-refractivity contribution < 1.29 is 14.7 Å². The average Bonchev–Trinajstić information content (AvgIpc) is 3.54. The molecule has 3 fully saturated rings. The molecule has 3 heterocycles. The molecule has 1 saturated carbocycles. The summed E-state index contributed by atoms with van der Waals surface area (Å²) < 4.78 is 1.51. The zero-order valence-electron chi connectivity index (χ0n) is 17.0. The molecule has 2 aromatic rings. The van der Waals surface area contributed by atoms with Crippen LogP contribution >= 0.6 is 20.2 Å². The van der Waals surface area contributed by atoms with Crippen LogP contribution in [0.3, 0.4) is 0 Å². The Labute approximate surface area is 186 Å². The number of fused-ring (bicyclic) bond motifs is 1. The van der Waals surface area contributed by atoms with Gasteiger partial charge in [0.2, 0.25) is 5.91 Å². The standard InChI is InChI=1S/C20H24ClN6O3P/c1-20(4-5-20)7-14(28)19(30)26-9-15-17(31-15)16(26)18(29)22-8-11-6-12(21)2-3-13(11)27-10-23-24-25-27/h2-3,6,10,14-17,28,31H,4-5,7-9H2,1H3,(H,22,29)/t14-,15+,16?,17+/m1/s1. The maximum Gasteiger partial charge on any atom is 0.252 e. The molecule has 2 saturated heterocycles. The van der Waals surface area contributed by atoms with E-state index in [1.807, 2.05) is 0 Å². The lowest BCUT2D eigenvalue weighted by Gasteiger charge is -2.29. The van der Waals surface area contributed by atoms with Crippen LogP contribution in [0, 0.1) is 5.41 Å². The van der Waals surface area contributed by atoms with Crippen LogP contribution in [0.2, 0.25) is 5.02 Å². The number of hydrogen-bond donors (Lipinski definition) is 2. The highest BCUT2D eigenvalue weighted by molar-refractivity contribution is 7.49. The fourth-order valence-electron chi connectivity index (χ4n) is 4.36. The van der Waals surface area contributed by atoms with Crippen molar-refractivity contribution >= 4 is 32.0 Å². The largest absolute Gasteiger partial charge is 0.383 e. The third-order valence-electron chi connectivity index (χ3n) is 6.52. The molecule has 0 bridgehead atoms. The number of carbonyl (C=O) groups is 2. The first-order valence-corrected chi connectivity index (χ1v) is 11.9. The second-order valence-electron chi connectivity index (χ2n) is 9.01. The van der Waals surface area contributed by atoms with Crippen molar-refractivity contribution in [1.82, 2.24) is 30.4 Å². The first-order valence-electron chi connectivity index (χ1n) is 10.4. The van der Waals surface area contributed by atoms with Crippen molar-refractivity contribution in [1.29, 1.82) is 0 Å². The maximum atomic E-state index is 13.1. The van der Waals surface area contributed by atoms with E-state index in [1.54, 1.807) is 23.1 Å². The molecular formula is C20H24ClN6O3P. The lowest BCUT2D eigenvalue weighted by atomic mass is 10.00. The van der Waals surface area contributed by atoms with E-state index >= 15 is 0 Å². The fourth-order valence-corrected chi connectivity index (χ4v) is 6.04. The summed E-state index contributed by atoms with van der Waals surface area (Å²) in [6.45, 7) is 2.87. The number of rotatable bonds is 7. The number of nitrogens with one attached hydrogen (secondary N) is 1. The summed E-state index contributed by atoms with van der Waals surface area (Å²) in [7, 11) is 0.693. The van der Waals surface area contributed by atoms with E-state index in [1.165, 1.54) is 11.0 Å². The van der Waals surface area contributed by atoms with E-state index in [0.29, 0.717) is 37.9 Å². The Hall–Kier alpha value is -2.09. The Bertz CT molecular complexity index is 1010. The number of amides is 2. The van der Waals surface area contributed by atoms with Gasteiger partial charge in [0.25, 0.3) is 5.91 Å². The minimum Gasteiger partial charge on any atom is -0.383 e. The Morgan fingerprint density at radius 2 is 2.23 bits per heavy atom. The monoisotopic (exact) mass is 462 g/mol. The van der Waals surface area contributed by atoms with Gasteiger partial charge in [-0.1, -0.05) is 18.5 Å². The minimum absolute atomic E-state index is 0.0659. The van der Waals surface area contributed by atoms with Crippen LogP contribution < -0.4 is 5.32 Å². The van der Waals surface area contributed by atoms with E-state index in [9.17, 15) is 14.7 Å². The molecule has 1 aromatic carbocycles. The maximum absolute atomic E-state index is 13.1. The van der Waals surface area contributed by atoms with Gasteiger partial charge >= 0.3 is 0 Å². The Morgan fingerprint density at radius 1 is 1.42 bits per heavy atom. The number of aliphatic hydroxyl groups is 1. The van der Waals surface area contributed by atoms with Crippen LogP contribution in [0.5, 0.6) is 0 Å². The molecule has 2 N–H and O–H groups in total. The van der Waals surface area contributed by atoms with Crippen molar-refractivity contribution in [2.45, 2.75) is 56.2 Å². The van der Waals surface area contributed by atoms with Crippen LogP contribution in [-0.2, 0) is 16.1 Å². The van der Waals surface area contributed by atoms with Crippen molar-refractivity contribution in [3.05, 3.63) is 35.1 Å². The van der Waals surface area contributed by atoms with Crippen molar-refractivity contribution in [2.24, 2.45) is 5.41 Å². The van der Waals surface area contributed by atoms with Crippen LogP contribution in [0.4, 0.5) is 0 Å². The lowest BCUT2D eigenvalue weighted by Crippen LogP contribution is -2.51. The minimum atomic E-state index is -1.04. The molecule has 164 valence electrons. The molecule has 9 nitrogen and oxygen atoms in total. The number of aliphatic hydroxyl groups excluding tert-OH is 1. The van der Waals surface area contributed by atoms with Gasteiger partial charge in [-0.15, -0.1) is 13.7 Å². The molecule has 1 aliphatic carbocycles. The van der Waals surface area contributed by atoms with E-state index in [0.717, 1.165) is 18.4 Å². The summed E-state index contributed by atoms with van der Waals surface area (Å²) in [5.41, 5.74) is 2.13. The zero-order chi connectivity index (χ0) is 21.8. The highest BCUT2D eigenvalue weighted by atomic mass is 35.5. The molecule has 5 atom stereocenters. The second-order valence-corrected chi connectivity index (χ2v) is 11.2. The predicted molar refractivity (Wildman–Crippen MR) is 115 cm³/mol. The molecule has 0 spiro atoms. The third kappa shape index (κ3) is 4.19. The molecule has 2 amide bonds.